The second-order valence-corrected chi connectivity index (χ2v) is 4.56. The molecule has 0 aliphatic carbocycles. The minimum Gasteiger partial charge on any atom is -0.294 e. The molecule has 0 N–H and O–H groups in total. The van der Waals surface area contributed by atoms with Gasteiger partial charge in [-0.25, -0.2) is 0 Å². The van der Waals surface area contributed by atoms with Crippen LogP contribution in [0.2, 0.25) is 0 Å². The maximum atomic E-state index is 12.2. The van der Waals surface area contributed by atoms with Gasteiger partial charge in [0.25, 0.3) is 5.69 Å². The minimum atomic E-state index is -0.498. The highest BCUT2D eigenvalue weighted by atomic mass is 16.6. The second-order valence-electron chi connectivity index (χ2n) is 4.56. The quantitative estimate of drug-likeness (QED) is 0.364. The zero-order chi connectivity index (χ0) is 15.2. The number of rotatable bonds is 5. The summed E-state index contributed by atoms with van der Waals surface area (Å²) in [4.78, 5) is 22.3. The number of terminal acetylenes is 1. The average Bonchev–Trinajstić information content (AvgIpc) is 2.53. The maximum Gasteiger partial charge on any atom is 0.269 e. The Morgan fingerprint density at radius 3 is 2.29 bits per heavy atom. The van der Waals surface area contributed by atoms with Gasteiger partial charge in [0.05, 0.1) is 10.8 Å². The number of nitrogens with zero attached hydrogens (tertiary/aromatic N) is 1. The number of non-ortho nitro benzene ring substituents is 1. The van der Waals surface area contributed by atoms with Gasteiger partial charge in [-0.15, -0.1) is 6.42 Å². The molecule has 0 bridgehead atoms. The Labute approximate surface area is 122 Å². The summed E-state index contributed by atoms with van der Waals surface area (Å²) < 4.78 is 0. The number of ketones is 1. The summed E-state index contributed by atoms with van der Waals surface area (Å²) in [7, 11) is 0. The van der Waals surface area contributed by atoms with Crippen molar-refractivity contribution in [2.45, 2.75) is 12.3 Å². The van der Waals surface area contributed by atoms with E-state index < -0.39 is 4.92 Å². The van der Waals surface area contributed by atoms with Gasteiger partial charge in [0, 0.05) is 24.1 Å². The van der Waals surface area contributed by atoms with Crippen LogP contribution in [0.1, 0.15) is 28.3 Å². The number of Topliss-reactive ketones (excluding diaryl/α,β-unsaturated/α-hetero) is 1. The predicted molar refractivity (Wildman–Crippen MR) is 80.1 cm³/mol. The van der Waals surface area contributed by atoms with Crippen LogP contribution < -0.4 is 0 Å². The topological polar surface area (TPSA) is 60.2 Å². The fraction of sp³-hybridized carbons (Fsp3) is 0.118. The van der Waals surface area contributed by atoms with Gasteiger partial charge in [-0.1, -0.05) is 36.3 Å². The molecule has 0 spiro atoms. The van der Waals surface area contributed by atoms with E-state index in [9.17, 15) is 14.9 Å². The summed E-state index contributed by atoms with van der Waals surface area (Å²) in [6.07, 6.45) is 5.68. The maximum absolute atomic E-state index is 12.2. The lowest BCUT2D eigenvalue weighted by Gasteiger charge is -2.10. The van der Waals surface area contributed by atoms with E-state index in [2.05, 4.69) is 5.92 Å². The van der Waals surface area contributed by atoms with Crippen LogP contribution in [-0.4, -0.2) is 10.7 Å². The monoisotopic (exact) mass is 279 g/mol. The van der Waals surface area contributed by atoms with E-state index in [4.69, 9.17) is 6.42 Å². The molecule has 2 aromatic carbocycles. The molecule has 21 heavy (non-hydrogen) atoms. The van der Waals surface area contributed by atoms with E-state index in [1.807, 2.05) is 30.3 Å². The first-order chi connectivity index (χ1) is 10.1. The molecule has 0 saturated heterocycles. The molecule has 1 atom stereocenters. The van der Waals surface area contributed by atoms with E-state index in [1.54, 1.807) is 0 Å². The molecule has 0 fully saturated rings. The van der Waals surface area contributed by atoms with Crippen LogP contribution in [0.4, 0.5) is 5.69 Å². The highest BCUT2D eigenvalue weighted by Gasteiger charge is 2.16. The van der Waals surface area contributed by atoms with E-state index in [1.165, 1.54) is 24.3 Å². The Kier molecular flexibility index (Phi) is 4.47. The summed E-state index contributed by atoms with van der Waals surface area (Å²) in [6.45, 7) is 0. The molecule has 0 heterocycles. The molecule has 0 saturated carbocycles. The first-order valence-electron chi connectivity index (χ1n) is 6.40. The van der Waals surface area contributed by atoms with Gasteiger partial charge in [0.2, 0.25) is 0 Å². The highest BCUT2D eigenvalue weighted by Crippen LogP contribution is 2.22. The molecule has 0 aromatic heterocycles. The lowest BCUT2D eigenvalue weighted by Crippen LogP contribution is -2.06. The summed E-state index contributed by atoms with van der Waals surface area (Å²) in [5.41, 5.74) is 1.30. The van der Waals surface area contributed by atoms with Crippen molar-refractivity contribution in [2.24, 2.45) is 0 Å². The summed E-state index contributed by atoms with van der Waals surface area (Å²) >= 11 is 0. The first kappa shape index (κ1) is 14.5. The standard InChI is InChI=1S/C17H13NO3/c1-2-13(14-6-4-3-5-7-14)12-17(19)15-8-10-16(11-9-15)18(20)21/h1,3-11,13H,12H2/t13-/m0/s1. The smallest absolute Gasteiger partial charge is 0.269 e. The van der Waals surface area contributed by atoms with E-state index >= 15 is 0 Å². The summed E-state index contributed by atoms with van der Waals surface area (Å²) in [5, 5.41) is 10.6. The molecule has 0 amide bonds. The predicted octanol–water partition coefficient (Wildman–Crippen LogP) is 3.58. The van der Waals surface area contributed by atoms with Crippen molar-refractivity contribution in [2.75, 3.05) is 0 Å². The van der Waals surface area contributed by atoms with Gasteiger partial charge in [-0.2, -0.15) is 0 Å². The summed E-state index contributed by atoms with van der Waals surface area (Å²) in [6, 6.07) is 14.9. The highest BCUT2D eigenvalue weighted by molar-refractivity contribution is 5.97. The molecule has 0 radical (unpaired) electrons. The van der Waals surface area contributed by atoms with Crippen molar-refractivity contribution in [1.82, 2.24) is 0 Å². The number of hydrogen-bond acceptors (Lipinski definition) is 3. The van der Waals surface area contributed by atoms with Crippen LogP contribution in [-0.2, 0) is 0 Å². The van der Waals surface area contributed by atoms with E-state index in [0.29, 0.717) is 5.56 Å². The molecule has 4 heteroatoms. The van der Waals surface area contributed by atoms with Crippen molar-refractivity contribution in [3.63, 3.8) is 0 Å². The largest absolute Gasteiger partial charge is 0.294 e. The first-order valence-corrected chi connectivity index (χ1v) is 6.40. The average molecular weight is 279 g/mol. The number of carbonyl (C=O) groups is 1. The molecule has 0 aliphatic heterocycles. The lowest BCUT2D eigenvalue weighted by molar-refractivity contribution is -0.384. The number of nitro benzene ring substituents is 1. The molecular formula is C17H13NO3. The van der Waals surface area contributed by atoms with Gasteiger partial charge in [0.15, 0.2) is 5.78 Å². The van der Waals surface area contributed by atoms with Crippen LogP contribution >= 0.6 is 0 Å². The fourth-order valence-corrected chi connectivity index (χ4v) is 2.03. The number of nitro groups is 1. The lowest BCUT2D eigenvalue weighted by atomic mass is 9.92. The molecule has 2 aromatic rings. The minimum absolute atomic E-state index is 0.0388. The van der Waals surface area contributed by atoms with Crippen LogP contribution in [0, 0.1) is 22.5 Å². The van der Waals surface area contributed by atoms with Crippen molar-refractivity contribution >= 4 is 11.5 Å². The van der Waals surface area contributed by atoms with E-state index in [0.717, 1.165) is 5.56 Å². The van der Waals surface area contributed by atoms with Gasteiger partial charge >= 0.3 is 0 Å². The Bertz CT molecular complexity index is 684. The summed E-state index contributed by atoms with van der Waals surface area (Å²) in [5.74, 6) is 2.19. The zero-order valence-electron chi connectivity index (χ0n) is 11.2. The molecule has 0 aliphatic rings. The van der Waals surface area contributed by atoms with Gasteiger partial charge in [0.1, 0.15) is 0 Å². The SMILES string of the molecule is C#C[C@@H](CC(=O)c1ccc([N+](=O)[O-])cc1)c1ccccc1. The third-order valence-corrected chi connectivity index (χ3v) is 3.19. The van der Waals surface area contributed by atoms with Crippen molar-refractivity contribution in [3.05, 3.63) is 75.8 Å². The van der Waals surface area contributed by atoms with Crippen LogP contribution in [0.5, 0.6) is 0 Å². The Morgan fingerprint density at radius 2 is 1.76 bits per heavy atom. The van der Waals surface area contributed by atoms with Gasteiger partial charge in [-0.3, -0.25) is 14.9 Å². The molecule has 4 nitrogen and oxygen atoms in total. The second kappa shape index (κ2) is 6.49. The Hall–Kier alpha value is -2.93. The van der Waals surface area contributed by atoms with Crippen molar-refractivity contribution in [1.29, 1.82) is 0 Å². The van der Waals surface area contributed by atoms with Crippen molar-refractivity contribution < 1.29 is 9.72 Å². The number of carbonyl (C=O) groups excluding carboxylic acids is 1. The third kappa shape index (κ3) is 3.54. The van der Waals surface area contributed by atoms with Crippen LogP contribution in [0.3, 0.4) is 0 Å². The molecule has 2 rings (SSSR count). The number of hydrogen-bond donors (Lipinski definition) is 0. The normalized spacial score (nSPS) is 11.4. The third-order valence-electron chi connectivity index (χ3n) is 3.19. The zero-order valence-corrected chi connectivity index (χ0v) is 11.2. The van der Waals surface area contributed by atoms with Gasteiger partial charge < -0.3 is 0 Å². The van der Waals surface area contributed by atoms with Crippen LogP contribution in [0.25, 0.3) is 0 Å². The molecule has 104 valence electrons. The Morgan fingerprint density at radius 1 is 1.14 bits per heavy atom. The molecular weight excluding hydrogens is 266 g/mol. The Balaban J connectivity index is 2.13. The van der Waals surface area contributed by atoms with Crippen molar-refractivity contribution in [3.8, 4) is 12.3 Å². The fourth-order valence-electron chi connectivity index (χ4n) is 2.03. The number of benzene rings is 2. The molecule has 0 unspecified atom stereocenters. The van der Waals surface area contributed by atoms with E-state index in [-0.39, 0.29) is 23.8 Å². The van der Waals surface area contributed by atoms with Crippen LogP contribution in [0.15, 0.2) is 54.6 Å². The van der Waals surface area contributed by atoms with Gasteiger partial charge in [-0.05, 0) is 17.7 Å².